The Kier molecular flexibility index (Phi) is 2.69. The van der Waals surface area contributed by atoms with Crippen molar-refractivity contribution in [1.29, 1.82) is 0 Å². The quantitative estimate of drug-likeness (QED) is 0.543. The van der Waals surface area contributed by atoms with Gasteiger partial charge in [0.1, 0.15) is 0 Å². The van der Waals surface area contributed by atoms with Crippen molar-refractivity contribution in [1.82, 2.24) is 0 Å². The molecule has 0 amide bonds. The molecule has 0 fully saturated rings. The fourth-order valence-corrected chi connectivity index (χ4v) is 1.77. The van der Waals surface area contributed by atoms with Gasteiger partial charge in [-0.05, 0) is 12.0 Å². The highest BCUT2D eigenvalue weighted by atomic mass is 28.1. The summed E-state index contributed by atoms with van der Waals surface area (Å²) < 4.78 is 0. The summed E-state index contributed by atoms with van der Waals surface area (Å²) in [7, 11) is 1.19. The van der Waals surface area contributed by atoms with Gasteiger partial charge in [0.15, 0.2) is 0 Å². The first-order valence-corrected chi connectivity index (χ1v) is 4.89. The second-order valence-electron chi connectivity index (χ2n) is 2.68. The minimum absolute atomic E-state index is 1.19. The smallest absolute Gasteiger partial charge is 0.0388 e. The largest absolute Gasteiger partial charge is 0.0676 e. The zero-order chi connectivity index (χ0) is 7.40. The van der Waals surface area contributed by atoms with E-state index >= 15 is 0 Å². The highest BCUT2D eigenvalue weighted by Crippen LogP contribution is 1.97. The molecule has 0 nitrogen and oxygen atoms in total. The van der Waals surface area contributed by atoms with Gasteiger partial charge in [0.05, 0.1) is 0 Å². The third-order valence-electron chi connectivity index (χ3n) is 1.78. The highest BCUT2D eigenvalue weighted by molar-refractivity contribution is 6.33. The third-order valence-corrected chi connectivity index (χ3v) is 2.76. The molecule has 0 radical (unpaired) electrons. The van der Waals surface area contributed by atoms with Gasteiger partial charge >= 0.3 is 0 Å². The van der Waals surface area contributed by atoms with E-state index in [1.807, 2.05) is 0 Å². The molecule has 0 bridgehead atoms. The second-order valence-corrected chi connectivity index (χ2v) is 3.75. The molecule has 54 valence electrons. The van der Waals surface area contributed by atoms with Crippen LogP contribution in [-0.4, -0.2) is 10.2 Å². The molecule has 1 aromatic rings. The van der Waals surface area contributed by atoms with Gasteiger partial charge in [0.2, 0.25) is 0 Å². The van der Waals surface area contributed by atoms with Crippen LogP contribution in [0, 0.1) is 0 Å². The Balaban J connectivity index is 2.81. The fourth-order valence-electron chi connectivity index (χ4n) is 1.16. The maximum absolute atomic E-state index is 2.24. The second kappa shape index (κ2) is 3.57. The Morgan fingerprint density at radius 1 is 1.30 bits per heavy atom. The van der Waals surface area contributed by atoms with Crippen molar-refractivity contribution in [3.63, 3.8) is 0 Å². The SMILES string of the molecule is CCCc1ccccc1[SiH3]. The highest BCUT2D eigenvalue weighted by Gasteiger charge is 1.92. The lowest BCUT2D eigenvalue weighted by Gasteiger charge is -2.01. The molecule has 0 aliphatic carbocycles. The van der Waals surface area contributed by atoms with E-state index in [0.717, 1.165) is 0 Å². The molecular formula is C9H14Si. The maximum atomic E-state index is 2.24. The Morgan fingerprint density at radius 2 is 2.00 bits per heavy atom. The first-order chi connectivity index (χ1) is 4.84. The van der Waals surface area contributed by atoms with Gasteiger partial charge in [-0.25, -0.2) is 0 Å². The Hall–Kier alpha value is -0.563. The summed E-state index contributed by atoms with van der Waals surface area (Å²) in [5.41, 5.74) is 1.55. The van der Waals surface area contributed by atoms with Crippen LogP contribution >= 0.6 is 0 Å². The van der Waals surface area contributed by atoms with E-state index in [2.05, 4.69) is 31.2 Å². The summed E-state index contributed by atoms with van der Waals surface area (Å²) in [5, 5.41) is 1.56. The van der Waals surface area contributed by atoms with Crippen LogP contribution in [0.25, 0.3) is 0 Å². The van der Waals surface area contributed by atoms with E-state index in [9.17, 15) is 0 Å². The first kappa shape index (κ1) is 7.54. The van der Waals surface area contributed by atoms with Crippen molar-refractivity contribution in [3.8, 4) is 0 Å². The minimum Gasteiger partial charge on any atom is -0.0676 e. The summed E-state index contributed by atoms with van der Waals surface area (Å²) in [4.78, 5) is 0. The van der Waals surface area contributed by atoms with Crippen molar-refractivity contribution in [2.75, 3.05) is 0 Å². The van der Waals surface area contributed by atoms with Crippen LogP contribution < -0.4 is 5.19 Å². The van der Waals surface area contributed by atoms with Crippen LogP contribution in [0.4, 0.5) is 0 Å². The average molecular weight is 150 g/mol. The topological polar surface area (TPSA) is 0 Å². The van der Waals surface area contributed by atoms with Gasteiger partial charge in [0, 0.05) is 10.2 Å². The van der Waals surface area contributed by atoms with E-state index < -0.39 is 0 Å². The minimum atomic E-state index is 1.19. The molecule has 0 heterocycles. The molecule has 10 heavy (non-hydrogen) atoms. The van der Waals surface area contributed by atoms with Crippen molar-refractivity contribution >= 4 is 15.4 Å². The molecule has 0 aliphatic heterocycles. The molecule has 1 rings (SSSR count). The number of aryl methyl sites for hydroxylation is 1. The predicted octanol–water partition coefficient (Wildman–Crippen LogP) is 0.630. The molecule has 0 aliphatic rings. The monoisotopic (exact) mass is 150 g/mol. The van der Waals surface area contributed by atoms with Crippen LogP contribution in [0.15, 0.2) is 24.3 Å². The van der Waals surface area contributed by atoms with Crippen molar-refractivity contribution < 1.29 is 0 Å². The lowest BCUT2D eigenvalue weighted by molar-refractivity contribution is 0.927. The lowest BCUT2D eigenvalue weighted by atomic mass is 10.1. The van der Waals surface area contributed by atoms with Crippen LogP contribution in [0.3, 0.4) is 0 Å². The number of hydrogen-bond acceptors (Lipinski definition) is 0. The first-order valence-electron chi connectivity index (χ1n) is 3.89. The van der Waals surface area contributed by atoms with Gasteiger partial charge < -0.3 is 0 Å². The van der Waals surface area contributed by atoms with E-state index in [4.69, 9.17) is 0 Å². The zero-order valence-electron chi connectivity index (χ0n) is 6.72. The lowest BCUT2D eigenvalue weighted by Crippen LogP contribution is -2.08. The average Bonchev–Trinajstić information content (AvgIpc) is 1.94. The molecular weight excluding hydrogens is 136 g/mol. The Labute approximate surface area is 65.7 Å². The summed E-state index contributed by atoms with van der Waals surface area (Å²) in [6.45, 7) is 2.23. The van der Waals surface area contributed by atoms with Gasteiger partial charge in [-0.2, -0.15) is 0 Å². The van der Waals surface area contributed by atoms with Crippen molar-refractivity contribution in [3.05, 3.63) is 29.8 Å². The maximum Gasteiger partial charge on any atom is 0.0388 e. The summed E-state index contributed by atoms with van der Waals surface area (Å²) >= 11 is 0. The Bertz CT molecular complexity index is 206. The summed E-state index contributed by atoms with van der Waals surface area (Å²) in [5.74, 6) is 0. The van der Waals surface area contributed by atoms with E-state index in [0.29, 0.717) is 0 Å². The van der Waals surface area contributed by atoms with Crippen molar-refractivity contribution in [2.24, 2.45) is 0 Å². The molecule has 1 heteroatoms. The summed E-state index contributed by atoms with van der Waals surface area (Å²) in [6.07, 6.45) is 2.51. The van der Waals surface area contributed by atoms with Gasteiger partial charge in [-0.15, -0.1) is 0 Å². The van der Waals surface area contributed by atoms with E-state index in [1.54, 1.807) is 10.8 Å². The van der Waals surface area contributed by atoms with Gasteiger partial charge in [-0.3, -0.25) is 0 Å². The van der Waals surface area contributed by atoms with Crippen molar-refractivity contribution in [2.45, 2.75) is 19.8 Å². The fraction of sp³-hybridized carbons (Fsp3) is 0.333. The summed E-state index contributed by atoms with van der Waals surface area (Å²) in [6, 6.07) is 8.73. The zero-order valence-corrected chi connectivity index (χ0v) is 8.72. The normalized spacial score (nSPS) is 10.1. The predicted molar refractivity (Wildman–Crippen MR) is 50.0 cm³/mol. The molecule has 1 aromatic carbocycles. The number of benzene rings is 1. The van der Waals surface area contributed by atoms with Gasteiger partial charge in [-0.1, -0.05) is 42.8 Å². The van der Waals surface area contributed by atoms with Crippen LogP contribution in [-0.2, 0) is 6.42 Å². The molecule has 0 aromatic heterocycles. The number of hydrogen-bond donors (Lipinski definition) is 0. The number of rotatable bonds is 2. The van der Waals surface area contributed by atoms with Crippen LogP contribution in [0.1, 0.15) is 18.9 Å². The standard InChI is InChI=1S/C9H14Si/c1-2-5-8-6-3-4-7-9(8)10/h3-4,6-7H,2,5H2,1,10H3. The molecule has 0 atom stereocenters. The van der Waals surface area contributed by atoms with Crippen LogP contribution in [0.2, 0.25) is 0 Å². The molecule has 0 saturated heterocycles. The van der Waals surface area contributed by atoms with E-state index in [1.165, 1.54) is 23.1 Å². The molecule has 0 saturated carbocycles. The molecule has 0 N–H and O–H groups in total. The van der Waals surface area contributed by atoms with Crippen LogP contribution in [0.5, 0.6) is 0 Å². The molecule has 0 unspecified atom stereocenters. The Morgan fingerprint density at radius 3 is 2.60 bits per heavy atom. The van der Waals surface area contributed by atoms with Gasteiger partial charge in [0.25, 0.3) is 0 Å². The third kappa shape index (κ3) is 1.71. The molecule has 0 spiro atoms. The van der Waals surface area contributed by atoms with E-state index in [-0.39, 0.29) is 0 Å².